The predicted molar refractivity (Wildman–Crippen MR) is 142 cm³/mol. The van der Waals surface area contributed by atoms with Crippen molar-refractivity contribution in [1.82, 2.24) is 15.5 Å². The molecule has 2 fully saturated rings. The quantitative estimate of drug-likeness (QED) is 0.343. The van der Waals surface area contributed by atoms with Gasteiger partial charge in [0.05, 0.1) is 6.61 Å². The minimum atomic E-state index is -0.790. The van der Waals surface area contributed by atoms with Crippen LogP contribution in [0.15, 0.2) is 0 Å². The van der Waals surface area contributed by atoms with Crippen LogP contribution >= 0.6 is 11.8 Å². The molecule has 4 N–H and O–H groups in total. The molecule has 1 aliphatic carbocycles. The molecular weight excluding hydrogens is 464 g/mol. The SMILES string of the molecule is CCCCCOC(=O)NC(C(=O)N1CCCC1C(=O)NCC1CCC(N)CC1)C(C)(C)SC(C)C. The number of alkyl carbamates (subject to hydrolysis) is 1. The average Bonchev–Trinajstić information content (AvgIpc) is 3.28. The maximum atomic E-state index is 13.8. The van der Waals surface area contributed by atoms with E-state index in [1.165, 1.54) is 0 Å². The molecule has 1 heterocycles. The third-order valence-electron chi connectivity index (χ3n) is 7.02. The number of hydrogen-bond donors (Lipinski definition) is 3. The van der Waals surface area contributed by atoms with Crippen LogP contribution in [0.1, 0.15) is 92.4 Å². The fraction of sp³-hybridized carbons (Fsp3) is 0.885. The molecule has 0 spiro atoms. The van der Waals surface area contributed by atoms with Crippen LogP contribution in [0.2, 0.25) is 0 Å². The summed E-state index contributed by atoms with van der Waals surface area (Å²) in [5.41, 5.74) is 6.00. The highest BCUT2D eigenvalue weighted by molar-refractivity contribution is 8.01. The first-order chi connectivity index (χ1) is 16.5. The van der Waals surface area contributed by atoms with Gasteiger partial charge in [-0.3, -0.25) is 9.59 Å². The number of nitrogens with two attached hydrogens (primary N) is 1. The molecule has 1 saturated heterocycles. The van der Waals surface area contributed by atoms with Crippen molar-refractivity contribution in [2.45, 2.75) is 121 Å². The Morgan fingerprint density at radius 3 is 2.43 bits per heavy atom. The fourth-order valence-electron chi connectivity index (χ4n) is 5.11. The molecule has 9 heteroatoms. The third kappa shape index (κ3) is 9.48. The molecule has 35 heavy (non-hydrogen) atoms. The molecule has 8 nitrogen and oxygen atoms in total. The van der Waals surface area contributed by atoms with Crippen molar-refractivity contribution in [2.75, 3.05) is 19.7 Å². The third-order valence-corrected chi connectivity index (χ3v) is 8.33. The van der Waals surface area contributed by atoms with Crippen molar-refractivity contribution < 1.29 is 19.1 Å². The topological polar surface area (TPSA) is 114 Å². The Labute approximate surface area is 216 Å². The highest BCUT2D eigenvalue weighted by Gasteiger charge is 2.44. The summed E-state index contributed by atoms with van der Waals surface area (Å²) >= 11 is 1.64. The van der Waals surface area contributed by atoms with Crippen molar-refractivity contribution in [2.24, 2.45) is 11.7 Å². The molecule has 2 atom stereocenters. The summed E-state index contributed by atoms with van der Waals surface area (Å²) in [6, 6.07) is -1.01. The molecule has 202 valence electrons. The Morgan fingerprint density at radius 2 is 1.80 bits per heavy atom. The number of hydrogen-bond acceptors (Lipinski definition) is 6. The van der Waals surface area contributed by atoms with Gasteiger partial charge in [0, 0.05) is 23.9 Å². The molecule has 1 aliphatic heterocycles. The molecule has 1 saturated carbocycles. The number of nitrogens with one attached hydrogen (secondary N) is 2. The van der Waals surface area contributed by atoms with Crippen LogP contribution in [0.4, 0.5) is 4.79 Å². The summed E-state index contributed by atoms with van der Waals surface area (Å²) in [4.78, 5) is 41.1. The second-order valence-corrected chi connectivity index (χ2v) is 13.1. The summed E-state index contributed by atoms with van der Waals surface area (Å²) < 4.78 is 4.79. The van der Waals surface area contributed by atoms with E-state index in [2.05, 4.69) is 31.4 Å². The number of unbranched alkanes of at least 4 members (excludes halogenated alkanes) is 2. The lowest BCUT2D eigenvalue weighted by Gasteiger charge is -2.38. The minimum Gasteiger partial charge on any atom is -0.450 e. The number of carbonyl (C=O) groups excluding carboxylic acids is 3. The summed E-state index contributed by atoms with van der Waals surface area (Å²) in [6.07, 6.45) is 7.72. The Hall–Kier alpha value is -1.48. The summed E-state index contributed by atoms with van der Waals surface area (Å²) in [6.45, 7) is 11.6. The van der Waals surface area contributed by atoms with Crippen molar-refractivity contribution in [1.29, 1.82) is 0 Å². The number of nitrogens with zero attached hydrogens (tertiary/aromatic N) is 1. The maximum absolute atomic E-state index is 13.8. The van der Waals surface area contributed by atoms with E-state index < -0.39 is 22.9 Å². The van der Waals surface area contributed by atoms with E-state index in [9.17, 15) is 14.4 Å². The van der Waals surface area contributed by atoms with Crippen molar-refractivity contribution in [3.63, 3.8) is 0 Å². The zero-order chi connectivity index (χ0) is 26.0. The van der Waals surface area contributed by atoms with E-state index in [0.29, 0.717) is 32.0 Å². The molecule has 2 aliphatic rings. The summed E-state index contributed by atoms with van der Waals surface area (Å²) in [5, 5.41) is 6.21. The molecule has 0 aromatic carbocycles. The average molecular weight is 513 g/mol. The van der Waals surface area contributed by atoms with Gasteiger partial charge < -0.3 is 26.0 Å². The highest BCUT2D eigenvalue weighted by Crippen LogP contribution is 2.34. The first kappa shape index (κ1) is 29.7. The van der Waals surface area contributed by atoms with Gasteiger partial charge in [0.1, 0.15) is 12.1 Å². The predicted octanol–water partition coefficient (Wildman–Crippen LogP) is 3.82. The van der Waals surface area contributed by atoms with Gasteiger partial charge in [0.15, 0.2) is 0 Å². The number of rotatable bonds is 12. The maximum Gasteiger partial charge on any atom is 0.407 e. The summed E-state index contributed by atoms with van der Waals surface area (Å²) in [7, 11) is 0. The molecule has 0 aromatic heterocycles. The first-order valence-electron chi connectivity index (χ1n) is 13.5. The van der Waals surface area contributed by atoms with E-state index in [4.69, 9.17) is 10.5 Å². The number of likely N-dealkylation sites (tertiary alicyclic amines) is 1. The van der Waals surface area contributed by atoms with Gasteiger partial charge in [-0.1, -0.05) is 33.6 Å². The van der Waals surface area contributed by atoms with Gasteiger partial charge in [-0.2, -0.15) is 11.8 Å². The molecule has 2 rings (SSSR count). The van der Waals surface area contributed by atoms with Crippen LogP contribution in [0.3, 0.4) is 0 Å². The zero-order valence-electron chi connectivity index (χ0n) is 22.4. The van der Waals surface area contributed by atoms with E-state index in [1.54, 1.807) is 16.7 Å². The van der Waals surface area contributed by atoms with Gasteiger partial charge in [-0.05, 0) is 70.0 Å². The van der Waals surface area contributed by atoms with Crippen molar-refractivity contribution >= 4 is 29.7 Å². The molecule has 0 radical (unpaired) electrons. The van der Waals surface area contributed by atoms with Gasteiger partial charge in [0.25, 0.3) is 0 Å². The Bertz CT molecular complexity index is 695. The lowest BCUT2D eigenvalue weighted by atomic mass is 9.86. The van der Waals surface area contributed by atoms with Crippen LogP contribution in [-0.4, -0.2) is 70.6 Å². The lowest BCUT2D eigenvalue weighted by molar-refractivity contribution is -0.140. The standard InChI is InChI=1S/C26H48N4O4S/c1-6-7-8-16-34-25(33)29-22(26(4,5)35-18(2)3)24(32)30-15-9-10-21(30)23(31)28-17-19-11-13-20(27)14-12-19/h18-22H,6-17,27H2,1-5H3,(H,28,31)(H,29,33). The number of ether oxygens (including phenoxy) is 1. The first-order valence-corrected chi connectivity index (χ1v) is 14.4. The van der Waals surface area contributed by atoms with Gasteiger partial charge >= 0.3 is 6.09 Å². The van der Waals surface area contributed by atoms with Crippen LogP contribution in [-0.2, 0) is 14.3 Å². The van der Waals surface area contributed by atoms with Gasteiger partial charge in [-0.25, -0.2) is 4.79 Å². The minimum absolute atomic E-state index is 0.0964. The van der Waals surface area contributed by atoms with Crippen LogP contribution in [0, 0.1) is 5.92 Å². The van der Waals surface area contributed by atoms with Gasteiger partial charge in [-0.15, -0.1) is 0 Å². The van der Waals surface area contributed by atoms with Crippen LogP contribution in [0.5, 0.6) is 0 Å². The number of amides is 3. The smallest absolute Gasteiger partial charge is 0.407 e. The highest BCUT2D eigenvalue weighted by atomic mass is 32.2. The second kappa shape index (κ2) is 14.3. The zero-order valence-corrected chi connectivity index (χ0v) is 23.3. The number of carbonyl (C=O) groups is 3. The molecule has 2 unspecified atom stereocenters. The molecule has 0 aromatic rings. The van der Waals surface area contributed by atoms with E-state index in [0.717, 1.165) is 51.4 Å². The van der Waals surface area contributed by atoms with Crippen molar-refractivity contribution in [3.8, 4) is 0 Å². The van der Waals surface area contributed by atoms with E-state index >= 15 is 0 Å². The van der Waals surface area contributed by atoms with Crippen LogP contribution < -0.4 is 16.4 Å². The Morgan fingerprint density at radius 1 is 1.11 bits per heavy atom. The lowest BCUT2D eigenvalue weighted by Crippen LogP contribution is -2.60. The summed E-state index contributed by atoms with van der Waals surface area (Å²) in [5.74, 6) is 0.137. The monoisotopic (exact) mass is 512 g/mol. The fourth-order valence-corrected chi connectivity index (χ4v) is 6.62. The number of thioether (sulfide) groups is 1. The van der Waals surface area contributed by atoms with Gasteiger partial charge in [0.2, 0.25) is 11.8 Å². The van der Waals surface area contributed by atoms with E-state index in [1.807, 2.05) is 13.8 Å². The normalized spacial score (nSPS) is 23.7. The Balaban J connectivity index is 2.05. The van der Waals surface area contributed by atoms with Crippen LogP contribution in [0.25, 0.3) is 0 Å². The molecule has 0 bridgehead atoms. The largest absolute Gasteiger partial charge is 0.450 e. The van der Waals surface area contributed by atoms with Crippen molar-refractivity contribution in [3.05, 3.63) is 0 Å². The second-order valence-electron chi connectivity index (χ2n) is 10.9. The molecular formula is C26H48N4O4S. The molecule has 3 amide bonds. The Kier molecular flexibility index (Phi) is 12.2. The van der Waals surface area contributed by atoms with E-state index in [-0.39, 0.29) is 23.1 Å².